The minimum atomic E-state index is 0.291. The Bertz CT molecular complexity index is 593. The Morgan fingerprint density at radius 3 is 2.60 bits per heavy atom. The van der Waals surface area contributed by atoms with Crippen molar-refractivity contribution in [2.24, 2.45) is 11.3 Å². The van der Waals surface area contributed by atoms with Crippen molar-refractivity contribution in [2.75, 3.05) is 5.88 Å². The van der Waals surface area contributed by atoms with Gasteiger partial charge in [-0.1, -0.05) is 33.8 Å². The number of hydrogen-bond acceptors (Lipinski definition) is 1. The predicted octanol–water partition coefficient (Wildman–Crippen LogP) is 4.81. The second-order valence-corrected chi connectivity index (χ2v) is 7.21. The zero-order valence-electron chi connectivity index (χ0n) is 13.2. The van der Waals surface area contributed by atoms with Crippen LogP contribution in [0, 0.1) is 18.3 Å². The highest BCUT2D eigenvalue weighted by Gasteiger charge is 2.22. The van der Waals surface area contributed by atoms with Crippen LogP contribution in [-0.2, 0) is 13.0 Å². The van der Waals surface area contributed by atoms with E-state index in [1.807, 2.05) is 0 Å². The number of imidazole rings is 1. The smallest absolute Gasteiger partial charge is 0.111 e. The summed E-state index contributed by atoms with van der Waals surface area (Å²) < 4.78 is 2.35. The van der Waals surface area contributed by atoms with Crippen LogP contribution >= 0.6 is 11.6 Å². The molecule has 1 aromatic carbocycles. The predicted molar refractivity (Wildman–Crippen MR) is 87.5 cm³/mol. The number of alkyl halides is 1. The molecule has 0 aliphatic heterocycles. The molecule has 1 heterocycles. The third kappa shape index (κ3) is 3.17. The van der Waals surface area contributed by atoms with E-state index in [0.717, 1.165) is 24.3 Å². The lowest BCUT2D eigenvalue weighted by atomic mass is 9.82. The van der Waals surface area contributed by atoms with Gasteiger partial charge in [0.05, 0.1) is 11.0 Å². The molecule has 0 fully saturated rings. The summed E-state index contributed by atoms with van der Waals surface area (Å²) in [6.07, 6.45) is 0.826. The van der Waals surface area contributed by atoms with Crippen molar-refractivity contribution in [3.05, 3.63) is 29.6 Å². The van der Waals surface area contributed by atoms with Gasteiger partial charge in [0.1, 0.15) is 5.82 Å². The molecule has 0 radical (unpaired) electrons. The van der Waals surface area contributed by atoms with Crippen LogP contribution < -0.4 is 0 Å². The van der Waals surface area contributed by atoms with Gasteiger partial charge in [-0.15, -0.1) is 11.6 Å². The van der Waals surface area contributed by atoms with Crippen molar-refractivity contribution in [1.82, 2.24) is 9.55 Å². The van der Waals surface area contributed by atoms with Gasteiger partial charge in [0.25, 0.3) is 0 Å². The molecule has 0 bridgehead atoms. The Morgan fingerprint density at radius 2 is 2.00 bits per heavy atom. The lowest BCUT2D eigenvalue weighted by Gasteiger charge is -2.28. The molecule has 0 saturated carbocycles. The number of hydrogen-bond donors (Lipinski definition) is 0. The maximum Gasteiger partial charge on any atom is 0.111 e. The van der Waals surface area contributed by atoms with Gasteiger partial charge in [-0.05, 0) is 36.0 Å². The fourth-order valence-corrected chi connectivity index (χ4v) is 2.49. The molecule has 0 aliphatic carbocycles. The second-order valence-electron chi connectivity index (χ2n) is 6.84. The standard InChI is InChI=1S/C17H25ClN2/c1-12-6-7-15-14(10-12)19-16(8-9-18)20(15)11-13(2)17(3,4)5/h6-7,10,13H,8-9,11H2,1-5H3. The Morgan fingerprint density at radius 1 is 1.30 bits per heavy atom. The second kappa shape index (κ2) is 5.77. The third-order valence-electron chi connectivity index (χ3n) is 4.24. The van der Waals surface area contributed by atoms with Crippen molar-refractivity contribution in [2.45, 2.75) is 47.6 Å². The first-order valence-corrected chi connectivity index (χ1v) is 7.88. The zero-order valence-corrected chi connectivity index (χ0v) is 14.0. The molecule has 110 valence electrons. The molecule has 2 rings (SSSR count). The van der Waals surface area contributed by atoms with Gasteiger partial charge >= 0.3 is 0 Å². The van der Waals surface area contributed by atoms with Gasteiger partial charge in [-0.2, -0.15) is 0 Å². The van der Waals surface area contributed by atoms with Crippen molar-refractivity contribution >= 4 is 22.6 Å². The molecule has 1 unspecified atom stereocenters. The van der Waals surface area contributed by atoms with E-state index in [1.165, 1.54) is 11.1 Å². The van der Waals surface area contributed by atoms with Crippen molar-refractivity contribution in [1.29, 1.82) is 0 Å². The van der Waals surface area contributed by atoms with Crippen LogP contribution in [0.1, 0.15) is 39.1 Å². The number of rotatable bonds is 4. The van der Waals surface area contributed by atoms with E-state index in [1.54, 1.807) is 0 Å². The largest absolute Gasteiger partial charge is 0.328 e. The first-order chi connectivity index (χ1) is 9.32. The highest BCUT2D eigenvalue weighted by atomic mass is 35.5. The number of halogens is 1. The molecule has 0 amide bonds. The Labute approximate surface area is 127 Å². The van der Waals surface area contributed by atoms with E-state index in [4.69, 9.17) is 16.6 Å². The van der Waals surface area contributed by atoms with Crippen LogP contribution in [0.25, 0.3) is 11.0 Å². The normalized spacial score (nSPS) is 13.9. The quantitative estimate of drug-likeness (QED) is 0.740. The van der Waals surface area contributed by atoms with Gasteiger partial charge in [-0.3, -0.25) is 0 Å². The third-order valence-corrected chi connectivity index (χ3v) is 4.42. The molecule has 20 heavy (non-hydrogen) atoms. The molecule has 0 aliphatic rings. The molecule has 3 heteroatoms. The minimum absolute atomic E-state index is 0.291. The Balaban J connectivity index is 2.46. The van der Waals surface area contributed by atoms with E-state index in [0.29, 0.717) is 17.2 Å². The van der Waals surface area contributed by atoms with Crippen molar-refractivity contribution in [3.63, 3.8) is 0 Å². The molecule has 0 saturated heterocycles. The van der Waals surface area contributed by atoms with Gasteiger partial charge in [0, 0.05) is 18.8 Å². The Kier molecular flexibility index (Phi) is 4.43. The first kappa shape index (κ1) is 15.4. The summed E-state index contributed by atoms with van der Waals surface area (Å²) in [5, 5.41) is 0. The summed E-state index contributed by atoms with van der Waals surface area (Å²) in [7, 11) is 0. The van der Waals surface area contributed by atoms with E-state index in [9.17, 15) is 0 Å². The molecule has 2 nitrogen and oxygen atoms in total. The van der Waals surface area contributed by atoms with Crippen LogP contribution in [0.4, 0.5) is 0 Å². The topological polar surface area (TPSA) is 17.8 Å². The summed E-state index contributed by atoms with van der Waals surface area (Å²) in [5.74, 6) is 2.30. The van der Waals surface area contributed by atoms with Crippen LogP contribution in [0.5, 0.6) is 0 Å². The van der Waals surface area contributed by atoms with Crippen LogP contribution in [0.3, 0.4) is 0 Å². The number of aryl methyl sites for hydroxylation is 2. The van der Waals surface area contributed by atoms with Crippen LogP contribution in [0.2, 0.25) is 0 Å². The number of aromatic nitrogens is 2. The average molecular weight is 293 g/mol. The Hall–Kier alpha value is -1.02. The van der Waals surface area contributed by atoms with Gasteiger partial charge in [-0.25, -0.2) is 4.98 Å². The molecular weight excluding hydrogens is 268 g/mol. The van der Waals surface area contributed by atoms with E-state index in [-0.39, 0.29) is 0 Å². The molecule has 1 atom stereocenters. The fraction of sp³-hybridized carbons (Fsp3) is 0.588. The summed E-state index contributed by atoms with van der Waals surface area (Å²) in [6.45, 7) is 12.3. The van der Waals surface area contributed by atoms with Crippen molar-refractivity contribution in [3.8, 4) is 0 Å². The highest BCUT2D eigenvalue weighted by Crippen LogP contribution is 2.29. The number of benzene rings is 1. The summed E-state index contributed by atoms with van der Waals surface area (Å²) >= 11 is 5.94. The highest BCUT2D eigenvalue weighted by molar-refractivity contribution is 6.17. The lowest BCUT2D eigenvalue weighted by Crippen LogP contribution is -2.23. The molecule has 1 aromatic heterocycles. The van der Waals surface area contributed by atoms with Gasteiger partial charge in [0.15, 0.2) is 0 Å². The molecule has 0 N–H and O–H groups in total. The van der Waals surface area contributed by atoms with E-state index < -0.39 is 0 Å². The SMILES string of the molecule is Cc1ccc2c(c1)nc(CCCl)n2CC(C)C(C)(C)C. The molecule has 2 aromatic rings. The summed E-state index contributed by atoms with van der Waals surface area (Å²) in [6, 6.07) is 6.50. The van der Waals surface area contributed by atoms with Crippen molar-refractivity contribution < 1.29 is 0 Å². The maximum atomic E-state index is 5.94. The molecular formula is C17H25ClN2. The first-order valence-electron chi connectivity index (χ1n) is 7.34. The number of nitrogens with zero attached hydrogens (tertiary/aromatic N) is 2. The summed E-state index contributed by atoms with van der Waals surface area (Å²) in [5.41, 5.74) is 3.86. The van der Waals surface area contributed by atoms with Crippen LogP contribution in [-0.4, -0.2) is 15.4 Å². The van der Waals surface area contributed by atoms with Gasteiger partial charge in [0.2, 0.25) is 0 Å². The lowest BCUT2D eigenvalue weighted by molar-refractivity contribution is 0.233. The van der Waals surface area contributed by atoms with Crippen LogP contribution in [0.15, 0.2) is 18.2 Å². The summed E-state index contributed by atoms with van der Waals surface area (Å²) in [4.78, 5) is 4.78. The average Bonchev–Trinajstić information content (AvgIpc) is 2.66. The van der Waals surface area contributed by atoms with E-state index in [2.05, 4.69) is 57.4 Å². The molecule has 0 spiro atoms. The number of fused-ring (bicyclic) bond motifs is 1. The van der Waals surface area contributed by atoms with Gasteiger partial charge < -0.3 is 4.57 Å². The fourth-order valence-electron chi connectivity index (χ4n) is 2.32. The minimum Gasteiger partial charge on any atom is -0.328 e. The maximum absolute atomic E-state index is 5.94. The van der Waals surface area contributed by atoms with E-state index >= 15 is 0 Å². The monoisotopic (exact) mass is 292 g/mol. The zero-order chi connectivity index (χ0) is 14.9.